The predicted molar refractivity (Wildman–Crippen MR) is 93.5 cm³/mol. The van der Waals surface area contributed by atoms with Crippen molar-refractivity contribution >= 4 is 17.5 Å². The van der Waals surface area contributed by atoms with E-state index < -0.39 is 0 Å². The molecule has 0 spiro atoms. The van der Waals surface area contributed by atoms with Crippen molar-refractivity contribution in [3.05, 3.63) is 65.2 Å². The Morgan fingerprint density at radius 3 is 2.46 bits per heavy atom. The quantitative estimate of drug-likeness (QED) is 0.730. The van der Waals surface area contributed by atoms with E-state index in [-0.39, 0.29) is 25.0 Å². The number of aryl methyl sites for hydroxylation is 2. The van der Waals surface area contributed by atoms with Crippen LogP contribution in [-0.4, -0.2) is 23.5 Å². The molecule has 5 nitrogen and oxygen atoms in total. The summed E-state index contributed by atoms with van der Waals surface area (Å²) in [5, 5.41) is 14.4. The highest BCUT2D eigenvalue weighted by molar-refractivity contribution is 5.94. The van der Waals surface area contributed by atoms with Gasteiger partial charge in [-0.25, -0.2) is 0 Å². The van der Waals surface area contributed by atoms with E-state index in [1.54, 1.807) is 24.3 Å². The van der Waals surface area contributed by atoms with Gasteiger partial charge in [0, 0.05) is 12.1 Å². The third-order valence-corrected chi connectivity index (χ3v) is 3.60. The first-order valence-corrected chi connectivity index (χ1v) is 7.88. The van der Waals surface area contributed by atoms with Crippen LogP contribution in [-0.2, 0) is 22.6 Å². The van der Waals surface area contributed by atoms with Crippen molar-refractivity contribution in [1.82, 2.24) is 5.32 Å². The Kier molecular flexibility index (Phi) is 6.51. The highest BCUT2D eigenvalue weighted by Crippen LogP contribution is 2.10. The van der Waals surface area contributed by atoms with E-state index in [2.05, 4.69) is 10.6 Å². The molecule has 3 N–H and O–H groups in total. The topological polar surface area (TPSA) is 78.4 Å². The van der Waals surface area contributed by atoms with Crippen LogP contribution >= 0.6 is 0 Å². The van der Waals surface area contributed by atoms with Gasteiger partial charge in [-0.1, -0.05) is 42.0 Å². The van der Waals surface area contributed by atoms with Crippen LogP contribution in [0.15, 0.2) is 48.5 Å². The first-order chi connectivity index (χ1) is 11.6. The van der Waals surface area contributed by atoms with Gasteiger partial charge in [-0.2, -0.15) is 0 Å². The molecule has 0 saturated carbocycles. The van der Waals surface area contributed by atoms with Crippen molar-refractivity contribution in [2.75, 3.05) is 11.9 Å². The summed E-state index contributed by atoms with van der Waals surface area (Å²) in [6.45, 7) is 1.86. The lowest BCUT2D eigenvalue weighted by atomic mass is 10.1. The maximum Gasteiger partial charge on any atom is 0.243 e. The maximum absolute atomic E-state index is 11.8. The molecular formula is C19H22N2O3. The summed E-state index contributed by atoms with van der Waals surface area (Å²) in [5.74, 6) is -0.455. The number of nitrogens with one attached hydrogen (secondary N) is 2. The minimum absolute atomic E-state index is 0.0733. The number of hydrogen-bond donors (Lipinski definition) is 3. The molecule has 2 amide bonds. The number of anilines is 1. The molecule has 24 heavy (non-hydrogen) atoms. The average molecular weight is 326 g/mol. The second-order valence-electron chi connectivity index (χ2n) is 5.67. The first-order valence-electron chi connectivity index (χ1n) is 7.88. The van der Waals surface area contributed by atoms with Crippen molar-refractivity contribution in [3.63, 3.8) is 0 Å². The van der Waals surface area contributed by atoms with Crippen molar-refractivity contribution in [2.24, 2.45) is 0 Å². The molecule has 126 valence electrons. The summed E-state index contributed by atoms with van der Waals surface area (Å²) in [4.78, 5) is 23.7. The summed E-state index contributed by atoms with van der Waals surface area (Å²) in [6, 6.07) is 15.0. The lowest BCUT2D eigenvalue weighted by molar-refractivity contribution is -0.124. The Bertz CT molecular complexity index is 696. The summed E-state index contributed by atoms with van der Waals surface area (Å²) in [7, 11) is 0. The smallest absolute Gasteiger partial charge is 0.243 e. The number of benzene rings is 2. The van der Waals surface area contributed by atoms with E-state index in [1.165, 1.54) is 5.56 Å². The zero-order valence-corrected chi connectivity index (χ0v) is 13.7. The number of aliphatic hydroxyl groups excluding tert-OH is 1. The van der Waals surface area contributed by atoms with Crippen LogP contribution < -0.4 is 10.6 Å². The summed E-state index contributed by atoms with van der Waals surface area (Å²) in [5.41, 5.74) is 3.60. The summed E-state index contributed by atoms with van der Waals surface area (Å²) < 4.78 is 0. The van der Waals surface area contributed by atoms with Crippen LogP contribution in [0.4, 0.5) is 5.69 Å². The Morgan fingerprint density at radius 1 is 1.00 bits per heavy atom. The van der Waals surface area contributed by atoms with Crippen LogP contribution in [0.1, 0.15) is 23.1 Å². The number of rotatable bonds is 7. The third-order valence-electron chi connectivity index (χ3n) is 3.60. The Balaban J connectivity index is 1.72. The molecule has 0 unspecified atom stereocenters. The molecule has 2 aromatic carbocycles. The Labute approximate surface area is 141 Å². The fraction of sp³-hybridized carbons (Fsp3) is 0.263. The number of amides is 2. The summed E-state index contributed by atoms with van der Waals surface area (Å²) >= 11 is 0. The van der Waals surface area contributed by atoms with Gasteiger partial charge >= 0.3 is 0 Å². The molecule has 2 rings (SSSR count). The molecular weight excluding hydrogens is 304 g/mol. The van der Waals surface area contributed by atoms with Crippen LogP contribution in [0.5, 0.6) is 0 Å². The second-order valence-corrected chi connectivity index (χ2v) is 5.67. The molecule has 0 radical (unpaired) electrons. The zero-order valence-electron chi connectivity index (χ0n) is 13.7. The Morgan fingerprint density at radius 2 is 1.75 bits per heavy atom. The lowest BCUT2D eigenvalue weighted by Gasteiger charge is -2.08. The van der Waals surface area contributed by atoms with Crippen LogP contribution in [0.25, 0.3) is 0 Å². The number of carbonyl (C=O) groups is 2. The average Bonchev–Trinajstić information content (AvgIpc) is 2.59. The molecule has 0 aliphatic heterocycles. The molecule has 0 saturated heterocycles. The molecule has 0 aromatic heterocycles. The lowest BCUT2D eigenvalue weighted by Crippen LogP contribution is -2.32. The van der Waals surface area contributed by atoms with Crippen LogP contribution in [0, 0.1) is 6.92 Å². The fourth-order valence-electron chi connectivity index (χ4n) is 2.23. The summed E-state index contributed by atoms with van der Waals surface area (Å²) in [6.07, 6.45) is 0.989. The number of hydrogen-bond acceptors (Lipinski definition) is 3. The van der Waals surface area contributed by atoms with Gasteiger partial charge in [0.05, 0.1) is 13.2 Å². The van der Waals surface area contributed by atoms with Crippen molar-refractivity contribution < 1.29 is 14.7 Å². The Hall–Kier alpha value is -2.66. The van der Waals surface area contributed by atoms with E-state index in [1.807, 2.05) is 31.2 Å². The number of aliphatic hydroxyl groups is 1. The zero-order chi connectivity index (χ0) is 17.4. The second kappa shape index (κ2) is 8.84. The van der Waals surface area contributed by atoms with E-state index in [0.717, 1.165) is 11.1 Å². The van der Waals surface area contributed by atoms with Crippen LogP contribution in [0.3, 0.4) is 0 Å². The fourth-order valence-corrected chi connectivity index (χ4v) is 2.23. The van der Waals surface area contributed by atoms with E-state index >= 15 is 0 Å². The van der Waals surface area contributed by atoms with Gasteiger partial charge in [-0.15, -0.1) is 0 Å². The molecule has 2 aromatic rings. The third kappa shape index (κ3) is 5.85. The molecule has 0 aliphatic carbocycles. The minimum Gasteiger partial charge on any atom is -0.392 e. The first kappa shape index (κ1) is 17.7. The monoisotopic (exact) mass is 326 g/mol. The molecule has 0 atom stereocenters. The van der Waals surface area contributed by atoms with Crippen molar-refractivity contribution in [1.29, 1.82) is 0 Å². The molecule has 5 heteroatoms. The van der Waals surface area contributed by atoms with E-state index in [9.17, 15) is 9.59 Å². The maximum atomic E-state index is 11.8. The molecule has 0 bridgehead atoms. The highest BCUT2D eigenvalue weighted by Gasteiger charge is 2.07. The van der Waals surface area contributed by atoms with Gasteiger partial charge in [0.15, 0.2) is 0 Å². The van der Waals surface area contributed by atoms with Gasteiger partial charge in [0.2, 0.25) is 11.8 Å². The van der Waals surface area contributed by atoms with Gasteiger partial charge < -0.3 is 15.7 Å². The largest absolute Gasteiger partial charge is 0.392 e. The van der Waals surface area contributed by atoms with Gasteiger partial charge in [-0.05, 0) is 36.6 Å². The van der Waals surface area contributed by atoms with Crippen molar-refractivity contribution in [2.45, 2.75) is 26.4 Å². The number of carbonyl (C=O) groups excluding carboxylic acids is 2. The van der Waals surface area contributed by atoms with E-state index in [4.69, 9.17) is 5.11 Å². The molecule has 0 aliphatic rings. The van der Waals surface area contributed by atoms with Gasteiger partial charge in [-0.3, -0.25) is 9.59 Å². The minimum atomic E-state index is -0.297. The van der Waals surface area contributed by atoms with E-state index in [0.29, 0.717) is 18.5 Å². The standard InChI is InChI=1S/C19H22N2O3/c1-14-5-7-15(8-6-14)9-10-18(23)20-12-19(24)21-17-4-2-3-16(11-17)13-22/h2-8,11,22H,9-10,12-13H2,1H3,(H,20,23)(H,21,24). The molecule has 0 heterocycles. The normalized spacial score (nSPS) is 10.2. The SMILES string of the molecule is Cc1ccc(CCC(=O)NCC(=O)Nc2cccc(CO)c2)cc1. The highest BCUT2D eigenvalue weighted by atomic mass is 16.3. The van der Waals surface area contributed by atoms with Crippen molar-refractivity contribution in [3.8, 4) is 0 Å². The predicted octanol–water partition coefficient (Wildman–Crippen LogP) is 2.17. The van der Waals surface area contributed by atoms with Gasteiger partial charge in [0.25, 0.3) is 0 Å². The molecule has 0 fully saturated rings. The van der Waals surface area contributed by atoms with Gasteiger partial charge in [0.1, 0.15) is 0 Å². The van der Waals surface area contributed by atoms with Crippen LogP contribution in [0.2, 0.25) is 0 Å².